The third kappa shape index (κ3) is 8.18. The lowest BCUT2D eigenvalue weighted by molar-refractivity contribution is -0.137. The molecule has 1 aliphatic carbocycles. The van der Waals surface area contributed by atoms with Crippen molar-refractivity contribution in [2.24, 2.45) is 11.8 Å². The van der Waals surface area contributed by atoms with Crippen LogP contribution in [-0.4, -0.2) is 49.1 Å². The van der Waals surface area contributed by atoms with Crippen molar-refractivity contribution in [3.63, 3.8) is 0 Å². The standard InChI is InChI=1S/C24H29NO3.C10H12O2/c1-27-22-14-19-13-20(24(26)21(19)15-23(22)28-2)12-17-8-10-25(11-9-17)16-18-6-4-3-5-7-18;11-10(12)8-4-7-9-5-2-1-3-6-9/h3-7,14-15,17,20H,8-13,16H2,1-2H3;1-3,5-6H,4,7-8H2,(H,11,12). The summed E-state index contributed by atoms with van der Waals surface area (Å²) in [7, 11) is 3.26. The minimum Gasteiger partial charge on any atom is -0.493 e. The molecule has 0 saturated carbocycles. The first-order valence-electron chi connectivity index (χ1n) is 14.3. The number of carboxylic acids is 1. The number of benzene rings is 3. The zero-order valence-electron chi connectivity index (χ0n) is 23.7. The smallest absolute Gasteiger partial charge is 0.303 e. The maximum Gasteiger partial charge on any atom is 0.303 e. The third-order valence-electron chi connectivity index (χ3n) is 7.98. The quantitative estimate of drug-likeness (QED) is 0.317. The van der Waals surface area contributed by atoms with Crippen molar-refractivity contribution in [1.29, 1.82) is 0 Å². The maximum atomic E-state index is 12.9. The van der Waals surface area contributed by atoms with Crippen LogP contribution in [0.2, 0.25) is 0 Å². The number of carboxylic acid groups (broad SMARTS) is 1. The van der Waals surface area contributed by atoms with Crippen molar-refractivity contribution in [1.82, 2.24) is 4.90 Å². The van der Waals surface area contributed by atoms with Gasteiger partial charge in [0, 0.05) is 24.4 Å². The van der Waals surface area contributed by atoms with Gasteiger partial charge < -0.3 is 14.6 Å². The molecule has 0 radical (unpaired) electrons. The Hall–Kier alpha value is -3.64. The molecular weight excluding hydrogens is 502 g/mol. The molecule has 3 aromatic carbocycles. The number of carbonyl (C=O) groups excluding carboxylic acids is 1. The topological polar surface area (TPSA) is 76.1 Å². The SMILES string of the molecule is COc1cc2c(cc1OC)C(=O)C(CC1CCN(Cc3ccccc3)CC1)C2.O=C(O)CCCc1ccccc1. The summed E-state index contributed by atoms with van der Waals surface area (Å²) in [6.45, 7) is 3.27. The number of aliphatic carboxylic acids is 1. The van der Waals surface area contributed by atoms with Gasteiger partial charge in [-0.2, -0.15) is 0 Å². The lowest BCUT2D eigenvalue weighted by atomic mass is 9.85. The number of fused-ring (bicyclic) bond motifs is 1. The summed E-state index contributed by atoms with van der Waals surface area (Å²) in [6, 6.07) is 24.4. The summed E-state index contributed by atoms with van der Waals surface area (Å²) in [5.74, 6) is 1.67. The number of Topliss-reactive ketones (excluding diaryl/α,β-unsaturated/α-hetero) is 1. The van der Waals surface area contributed by atoms with Crippen LogP contribution < -0.4 is 9.47 Å². The van der Waals surface area contributed by atoms with Gasteiger partial charge in [-0.3, -0.25) is 14.5 Å². The predicted octanol–water partition coefficient (Wildman–Crippen LogP) is 6.46. The number of hydrogen-bond donors (Lipinski definition) is 1. The first-order chi connectivity index (χ1) is 19.5. The van der Waals surface area contributed by atoms with Gasteiger partial charge in [0.1, 0.15) is 0 Å². The molecule has 2 aliphatic rings. The Morgan fingerprint density at radius 1 is 0.900 bits per heavy atom. The predicted molar refractivity (Wildman–Crippen MR) is 157 cm³/mol. The van der Waals surface area contributed by atoms with Crippen LogP contribution in [0.15, 0.2) is 72.8 Å². The van der Waals surface area contributed by atoms with Gasteiger partial charge in [-0.05, 0) is 86.4 Å². The summed E-state index contributed by atoms with van der Waals surface area (Å²) in [4.78, 5) is 25.7. The largest absolute Gasteiger partial charge is 0.493 e. The van der Waals surface area contributed by atoms with Crippen LogP contribution in [-0.2, 0) is 24.2 Å². The van der Waals surface area contributed by atoms with E-state index in [9.17, 15) is 9.59 Å². The van der Waals surface area contributed by atoms with Gasteiger partial charge in [-0.15, -0.1) is 0 Å². The number of nitrogens with zero attached hydrogens (tertiary/aromatic N) is 1. The fraction of sp³-hybridized carbons (Fsp3) is 0.412. The second-order valence-corrected chi connectivity index (χ2v) is 10.8. The van der Waals surface area contributed by atoms with Crippen molar-refractivity contribution >= 4 is 11.8 Å². The number of likely N-dealkylation sites (tertiary alicyclic amines) is 1. The number of ether oxygens (including phenoxy) is 2. The average Bonchev–Trinajstić information content (AvgIpc) is 3.28. The molecule has 212 valence electrons. The molecule has 1 atom stereocenters. The van der Waals surface area contributed by atoms with E-state index in [-0.39, 0.29) is 18.1 Å². The molecule has 1 fully saturated rings. The summed E-state index contributed by atoms with van der Waals surface area (Å²) < 4.78 is 10.8. The molecule has 0 aromatic heterocycles. The lowest BCUT2D eigenvalue weighted by Crippen LogP contribution is -2.34. The van der Waals surface area contributed by atoms with E-state index >= 15 is 0 Å². The van der Waals surface area contributed by atoms with Gasteiger partial charge in [-0.1, -0.05) is 60.7 Å². The van der Waals surface area contributed by atoms with Crippen LogP contribution in [0.4, 0.5) is 0 Å². The molecule has 40 heavy (non-hydrogen) atoms. The van der Waals surface area contributed by atoms with Crippen molar-refractivity contribution < 1.29 is 24.2 Å². The fourth-order valence-electron chi connectivity index (χ4n) is 5.80. The van der Waals surface area contributed by atoms with Gasteiger partial charge >= 0.3 is 5.97 Å². The van der Waals surface area contributed by atoms with Crippen molar-refractivity contribution in [3.05, 3.63) is 95.1 Å². The first kappa shape index (κ1) is 29.3. The van der Waals surface area contributed by atoms with Gasteiger partial charge in [0.25, 0.3) is 0 Å². The molecule has 3 aromatic rings. The number of piperidine rings is 1. The average molecular weight is 544 g/mol. The number of carbonyl (C=O) groups is 2. The van der Waals surface area contributed by atoms with Crippen molar-refractivity contribution in [2.45, 2.75) is 51.5 Å². The van der Waals surface area contributed by atoms with E-state index in [1.807, 2.05) is 42.5 Å². The van der Waals surface area contributed by atoms with Crippen LogP contribution in [0.1, 0.15) is 59.2 Å². The highest BCUT2D eigenvalue weighted by molar-refractivity contribution is 6.02. The van der Waals surface area contributed by atoms with E-state index in [1.165, 1.54) is 24.0 Å². The molecule has 0 spiro atoms. The van der Waals surface area contributed by atoms with E-state index in [2.05, 4.69) is 35.2 Å². The highest BCUT2D eigenvalue weighted by Gasteiger charge is 2.34. The van der Waals surface area contributed by atoms with Crippen LogP contribution in [0.5, 0.6) is 11.5 Å². The molecule has 1 saturated heterocycles. The second kappa shape index (κ2) is 14.7. The molecule has 0 amide bonds. The van der Waals surface area contributed by atoms with Gasteiger partial charge in [0.15, 0.2) is 17.3 Å². The van der Waals surface area contributed by atoms with E-state index < -0.39 is 5.97 Å². The third-order valence-corrected chi connectivity index (χ3v) is 7.98. The summed E-state index contributed by atoms with van der Waals surface area (Å²) in [5, 5.41) is 8.39. The number of ketones is 1. The fourth-order valence-corrected chi connectivity index (χ4v) is 5.80. The zero-order chi connectivity index (χ0) is 28.3. The lowest BCUT2D eigenvalue weighted by Gasteiger charge is -2.32. The van der Waals surface area contributed by atoms with Crippen LogP contribution in [0, 0.1) is 11.8 Å². The monoisotopic (exact) mass is 543 g/mol. The van der Waals surface area contributed by atoms with E-state index in [0.29, 0.717) is 17.4 Å². The Labute approximate surface area is 237 Å². The molecule has 1 unspecified atom stereocenters. The Balaban J connectivity index is 0.000000259. The van der Waals surface area contributed by atoms with Crippen LogP contribution >= 0.6 is 0 Å². The highest BCUT2D eigenvalue weighted by Crippen LogP contribution is 2.39. The highest BCUT2D eigenvalue weighted by atomic mass is 16.5. The Morgan fingerprint density at radius 2 is 1.50 bits per heavy atom. The molecule has 5 rings (SSSR count). The second-order valence-electron chi connectivity index (χ2n) is 10.8. The normalized spacial score (nSPS) is 17.1. The van der Waals surface area contributed by atoms with E-state index in [0.717, 1.165) is 56.4 Å². The van der Waals surface area contributed by atoms with Crippen molar-refractivity contribution in [3.8, 4) is 11.5 Å². The molecule has 1 aliphatic heterocycles. The molecule has 0 bridgehead atoms. The molecule has 1 N–H and O–H groups in total. The molecule has 1 heterocycles. The van der Waals surface area contributed by atoms with Gasteiger partial charge in [-0.25, -0.2) is 0 Å². The maximum absolute atomic E-state index is 12.9. The van der Waals surface area contributed by atoms with Crippen LogP contribution in [0.3, 0.4) is 0 Å². The van der Waals surface area contributed by atoms with Gasteiger partial charge in [0.05, 0.1) is 14.2 Å². The number of hydrogen-bond acceptors (Lipinski definition) is 5. The van der Waals surface area contributed by atoms with E-state index in [4.69, 9.17) is 14.6 Å². The minimum absolute atomic E-state index is 0.109. The Bertz CT molecular complexity index is 1240. The number of aryl methyl sites for hydroxylation is 1. The van der Waals surface area contributed by atoms with Crippen molar-refractivity contribution in [2.75, 3.05) is 27.3 Å². The zero-order valence-corrected chi connectivity index (χ0v) is 23.7. The summed E-state index contributed by atoms with van der Waals surface area (Å²) in [6.07, 6.45) is 6.02. The minimum atomic E-state index is -0.717. The Kier molecular flexibility index (Phi) is 10.8. The first-order valence-corrected chi connectivity index (χ1v) is 14.3. The number of methoxy groups -OCH3 is 2. The molecule has 6 heteroatoms. The summed E-state index contributed by atoms with van der Waals surface area (Å²) in [5.41, 5.74) is 4.52. The Morgan fingerprint density at radius 3 is 2.10 bits per heavy atom. The van der Waals surface area contributed by atoms with E-state index in [1.54, 1.807) is 14.2 Å². The number of rotatable bonds is 10. The van der Waals surface area contributed by atoms with Gasteiger partial charge in [0.2, 0.25) is 0 Å². The summed E-state index contributed by atoms with van der Waals surface area (Å²) >= 11 is 0. The molecule has 6 nitrogen and oxygen atoms in total. The van der Waals surface area contributed by atoms with Crippen LogP contribution in [0.25, 0.3) is 0 Å². The molecular formula is C34H41NO5.